The van der Waals surface area contributed by atoms with Gasteiger partial charge in [0.1, 0.15) is 0 Å². The first-order chi connectivity index (χ1) is 8.54. The Hall–Kier alpha value is -1.33. The predicted octanol–water partition coefficient (Wildman–Crippen LogP) is 2.19. The Labute approximate surface area is 112 Å². The second-order valence-electron chi connectivity index (χ2n) is 4.49. The van der Waals surface area contributed by atoms with Crippen molar-refractivity contribution in [2.45, 2.75) is 26.7 Å². The lowest BCUT2D eigenvalue weighted by atomic mass is 10.1. The van der Waals surface area contributed by atoms with Crippen molar-refractivity contribution in [2.24, 2.45) is 11.8 Å². The lowest BCUT2D eigenvalue weighted by Crippen LogP contribution is -2.25. The molecule has 0 radical (unpaired) electrons. The number of anilines is 1. The van der Waals surface area contributed by atoms with Crippen LogP contribution in [0.3, 0.4) is 0 Å². The van der Waals surface area contributed by atoms with Gasteiger partial charge in [0.15, 0.2) is 5.82 Å². The van der Waals surface area contributed by atoms with Crippen LogP contribution in [0, 0.1) is 5.92 Å². The van der Waals surface area contributed by atoms with Crippen LogP contribution in [0.4, 0.5) is 5.82 Å². The van der Waals surface area contributed by atoms with Gasteiger partial charge >= 0.3 is 0 Å². The summed E-state index contributed by atoms with van der Waals surface area (Å²) in [4.78, 5) is 15.7. The fourth-order valence-electron chi connectivity index (χ4n) is 1.48. The van der Waals surface area contributed by atoms with E-state index in [-0.39, 0.29) is 5.91 Å². The minimum Gasteiger partial charge on any atom is -0.352 e. The van der Waals surface area contributed by atoms with Crippen LogP contribution in [0.5, 0.6) is 0 Å². The fraction of sp³-hybridized carbons (Fsp3) is 0.500. The summed E-state index contributed by atoms with van der Waals surface area (Å²) in [5.74, 6) is 6.04. The van der Waals surface area contributed by atoms with Crippen LogP contribution in [0.25, 0.3) is 0 Å². The van der Waals surface area contributed by atoms with Gasteiger partial charge in [-0.3, -0.25) is 4.79 Å². The Morgan fingerprint density at radius 2 is 2.28 bits per heavy atom. The average Bonchev–Trinajstić information content (AvgIpc) is 2.34. The van der Waals surface area contributed by atoms with Gasteiger partial charge in [0.2, 0.25) is 0 Å². The molecule has 1 rings (SSSR count). The summed E-state index contributed by atoms with van der Waals surface area (Å²) < 4.78 is 0. The van der Waals surface area contributed by atoms with Crippen molar-refractivity contribution in [3.8, 4) is 0 Å². The van der Waals surface area contributed by atoms with E-state index < -0.39 is 0 Å². The topological polar surface area (TPSA) is 80.0 Å². The molecular formula is C12H19ClN4O. The van der Waals surface area contributed by atoms with E-state index in [1.165, 1.54) is 6.20 Å². The Morgan fingerprint density at radius 3 is 2.83 bits per heavy atom. The number of aromatic nitrogens is 1. The molecule has 0 atom stereocenters. The summed E-state index contributed by atoms with van der Waals surface area (Å²) in [6, 6.07) is 1.54. The highest BCUT2D eigenvalue weighted by Crippen LogP contribution is 2.18. The second-order valence-corrected chi connectivity index (χ2v) is 4.90. The van der Waals surface area contributed by atoms with Crippen molar-refractivity contribution in [1.29, 1.82) is 0 Å². The zero-order chi connectivity index (χ0) is 13.5. The van der Waals surface area contributed by atoms with Gasteiger partial charge in [-0.15, -0.1) is 0 Å². The van der Waals surface area contributed by atoms with E-state index in [0.717, 1.165) is 12.8 Å². The average molecular weight is 271 g/mol. The lowest BCUT2D eigenvalue weighted by Gasteiger charge is -2.08. The summed E-state index contributed by atoms with van der Waals surface area (Å²) in [6.45, 7) is 4.97. The number of hydrogen-bond donors (Lipinski definition) is 3. The largest absolute Gasteiger partial charge is 0.352 e. The van der Waals surface area contributed by atoms with Crippen molar-refractivity contribution in [1.82, 2.24) is 10.3 Å². The van der Waals surface area contributed by atoms with E-state index >= 15 is 0 Å². The SMILES string of the molecule is CC(C)CCCNC(=O)c1cnc(NN)c(Cl)c1. The minimum absolute atomic E-state index is 0.170. The molecule has 0 saturated carbocycles. The van der Waals surface area contributed by atoms with Crippen molar-refractivity contribution < 1.29 is 4.79 Å². The number of pyridine rings is 1. The molecule has 0 bridgehead atoms. The molecule has 1 aromatic heterocycles. The van der Waals surface area contributed by atoms with Gasteiger partial charge < -0.3 is 10.7 Å². The molecule has 1 amide bonds. The number of nitrogens with zero attached hydrogens (tertiary/aromatic N) is 1. The number of carbonyl (C=O) groups is 1. The van der Waals surface area contributed by atoms with Gasteiger partial charge in [0, 0.05) is 12.7 Å². The van der Waals surface area contributed by atoms with Crippen LogP contribution >= 0.6 is 11.6 Å². The Kier molecular flexibility index (Phi) is 5.88. The van der Waals surface area contributed by atoms with Crippen LogP contribution in [-0.2, 0) is 0 Å². The van der Waals surface area contributed by atoms with Crippen molar-refractivity contribution in [2.75, 3.05) is 12.0 Å². The molecule has 5 nitrogen and oxygen atoms in total. The van der Waals surface area contributed by atoms with Crippen LogP contribution in [0.15, 0.2) is 12.3 Å². The molecule has 0 saturated heterocycles. The van der Waals surface area contributed by atoms with Gasteiger partial charge in [0.25, 0.3) is 5.91 Å². The third-order valence-electron chi connectivity index (χ3n) is 2.48. The van der Waals surface area contributed by atoms with Gasteiger partial charge in [-0.05, 0) is 24.8 Å². The van der Waals surface area contributed by atoms with Crippen molar-refractivity contribution in [3.63, 3.8) is 0 Å². The fourth-order valence-corrected chi connectivity index (χ4v) is 1.70. The van der Waals surface area contributed by atoms with Gasteiger partial charge in [0.05, 0.1) is 10.6 Å². The standard InChI is InChI=1S/C12H19ClN4O/c1-8(2)4-3-5-15-12(18)9-6-10(13)11(17-14)16-7-9/h6-8H,3-5,14H2,1-2H3,(H,15,18)(H,16,17). The summed E-state index contributed by atoms with van der Waals surface area (Å²) in [6.07, 6.45) is 3.50. The normalized spacial score (nSPS) is 10.5. The van der Waals surface area contributed by atoms with Gasteiger partial charge in [-0.1, -0.05) is 25.4 Å². The van der Waals surface area contributed by atoms with Crippen molar-refractivity contribution in [3.05, 3.63) is 22.8 Å². The van der Waals surface area contributed by atoms with Crippen LogP contribution < -0.4 is 16.6 Å². The first-order valence-electron chi connectivity index (χ1n) is 5.95. The third kappa shape index (κ3) is 4.50. The summed E-state index contributed by atoms with van der Waals surface area (Å²) in [5, 5.41) is 3.16. The van der Waals surface area contributed by atoms with Crippen LogP contribution in [0.1, 0.15) is 37.0 Å². The number of hydrogen-bond acceptors (Lipinski definition) is 4. The van der Waals surface area contributed by atoms with E-state index in [9.17, 15) is 4.79 Å². The molecule has 1 aromatic rings. The molecule has 0 unspecified atom stereocenters. The molecule has 0 fully saturated rings. The zero-order valence-corrected chi connectivity index (χ0v) is 11.4. The molecular weight excluding hydrogens is 252 g/mol. The molecule has 1 heterocycles. The zero-order valence-electron chi connectivity index (χ0n) is 10.7. The molecule has 0 spiro atoms. The third-order valence-corrected chi connectivity index (χ3v) is 2.77. The maximum atomic E-state index is 11.8. The van der Waals surface area contributed by atoms with E-state index in [2.05, 4.69) is 29.6 Å². The molecule has 18 heavy (non-hydrogen) atoms. The number of rotatable bonds is 6. The number of carbonyl (C=O) groups excluding carboxylic acids is 1. The molecule has 0 aliphatic carbocycles. The Balaban J connectivity index is 2.49. The minimum atomic E-state index is -0.170. The lowest BCUT2D eigenvalue weighted by molar-refractivity contribution is 0.0952. The Morgan fingerprint density at radius 1 is 1.56 bits per heavy atom. The van der Waals surface area contributed by atoms with Crippen LogP contribution in [-0.4, -0.2) is 17.4 Å². The maximum absolute atomic E-state index is 11.8. The highest BCUT2D eigenvalue weighted by molar-refractivity contribution is 6.33. The molecule has 0 aromatic carbocycles. The number of amides is 1. The number of halogens is 1. The molecule has 0 aliphatic heterocycles. The molecule has 4 N–H and O–H groups in total. The predicted molar refractivity (Wildman–Crippen MR) is 73.5 cm³/mol. The van der Waals surface area contributed by atoms with Gasteiger partial charge in [-0.2, -0.15) is 0 Å². The smallest absolute Gasteiger partial charge is 0.252 e. The highest BCUT2D eigenvalue weighted by atomic mass is 35.5. The van der Waals surface area contributed by atoms with E-state index in [1.54, 1.807) is 6.07 Å². The quantitative estimate of drug-likeness (QED) is 0.421. The Bertz CT molecular complexity index is 409. The summed E-state index contributed by atoms with van der Waals surface area (Å²) >= 11 is 5.89. The first kappa shape index (κ1) is 14.7. The van der Waals surface area contributed by atoms with Crippen LogP contribution in [0.2, 0.25) is 5.02 Å². The van der Waals surface area contributed by atoms with E-state index in [0.29, 0.717) is 28.9 Å². The first-order valence-corrected chi connectivity index (χ1v) is 6.32. The number of hydrazine groups is 1. The summed E-state index contributed by atoms with van der Waals surface area (Å²) in [7, 11) is 0. The molecule has 0 aliphatic rings. The number of nitrogen functional groups attached to an aromatic ring is 1. The van der Waals surface area contributed by atoms with Crippen molar-refractivity contribution >= 4 is 23.3 Å². The number of nitrogens with one attached hydrogen (secondary N) is 2. The van der Waals surface area contributed by atoms with E-state index in [4.69, 9.17) is 17.4 Å². The van der Waals surface area contributed by atoms with E-state index in [1.807, 2.05) is 0 Å². The monoisotopic (exact) mass is 270 g/mol. The highest BCUT2D eigenvalue weighted by Gasteiger charge is 2.08. The second kappa shape index (κ2) is 7.18. The molecule has 6 heteroatoms. The maximum Gasteiger partial charge on any atom is 0.252 e. The molecule has 100 valence electrons. The van der Waals surface area contributed by atoms with Gasteiger partial charge in [-0.25, -0.2) is 10.8 Å². The number of nitrogens with two attached hydrogens (primary N) is 1. The summed E-state index contributed by atoms with van der Waals surface area (Å²) in [5.41, 5.74) is 2.79.